The van der Waals surface area contributed by atoms with Crippen molar-refractivity contribution in [3.8, 4) is 0 Å². The molecule has 1 aliphatic heterocycles. The van der Waals surface area contributed by atoms with Crippen LogP contribution >= 0.6 is 0 Å². The van der Waals surface area contributed by atoms with E-state index in [1.807, 2.05) is 12.1 Å². The number of hydrogen-bond donors (Lipinski definition) is 2. The molecule has 1 aliphatic carbocycles. The molecule has 3 heteroatoms. The minimum Gasteiger partial charge on any atom is -0.325 e. The lowest BCUT2D eigenvalue weighted by molar-refractivity contribution is -0.118. The average Bonchev–Trinajstić information content (AvgIpc) is 3.26. The summed E-state index contributed by atoms with van der Waals surface area (Å²) in [4.78, 5) is 12.2. The molecule has 1 aromatic carbocycles. The Hall–Kier alpha value is -1.35. The molecule has 0 bridgehead atoms. The van der Waals surface area contributed by atoms with E-state index >= 15 is 0 Å². The Morgan fingerprint density at radius 2 is 1.84 bits per heavy atom. The summed E-state index contributed by atoms with van der Waals surface area (Å²) in [6, 6.07) is 8.33. The SMILES string of the molecule is O=C(Nc1ccc(C2CC2)cc1)[C@@H]1CCCCCN1. The molecule has 2 fully saturated rings. The lowest BCUT2D eigenvalue weighted by Gasteiger charge is -2.15. The van der Waals surface area contributed by atoms with E-state index in [2.05, 4.69) is 22.8 Å². The Balaban J connectivity index is 1.58. The number of carbonyl (C=O) groups excluding carboxylic acids is 1. The van der Waals surface area contributed by atoms with E-state index < -0.39 is 0 Å². The van der Waals surface area contributed by atoms with E-state index in [9.17, 15) is 4.79 Å². The number of amides is 1. The maximum absolute atomic E-state index is 12.2. The summed E-state index contributed by atoms with van der Waals surface area (Å²) in [5, 5.41) is 6.35. The summed E-state index contributed by atoms with van der Waals surface area (Å²) in [7, 11) is 0. The molecule has 1 saturated carbocycles. The van der Waals surface area contributed by atoms with Gasteiger partial charge in [0.15, 0.2) is 0 Å². The molecule has 0 unspecified atom stereocenters. The largest absolute Gasteiger partial charge is 0.325 e. The van der Waals surface area contributed by atoms with Crippen molar-refractivity contribution in [2.24, 2.45) is 0 Å². The zero-order valence-corrected chi connectivity index (χ0v) is 11.3. The summed E-state index contributed by atoms with van der Waals surface area (Å²) in [5.41, 5.74) is 2.33. The molecule has 1 aromatic rings. The highest BCUT2D eigenvalue weighted by atomic mass is 16.2. The maximum atomic E-state index is 12.2. The highest BCUT2D eigenvalue weighted by molar-refractivity contribution is 5.94. The molecule has 3 nitrogen and oxygen atoms in total. The number of rotatable bonds is 3. The van der Waals surface area contributed by atoms with Gasteiger partial charge in [0.2, 0.25) is 5.91 Å². The fraction of sp³-hybridized carbons (Fsp3) is 0.562. The van der Waals surface area contributed by atoms with Crippen molar-refractivity contribution in [2.45, 2.75) is 50.5 Å². The minimum absolute atomic E-state index is 0.0226. The Morgan fingerprint density at radius 3 is 2.58 bits per heavy atom. The molecule has 1 atom stereocenters. The molecule has 19 heavy (non-hydrogen) atoms. The lowest BCUT2D eigenvalue weighted by Crippen LogP contribution is -2.39. The third-order valence-corrected chi connectivity index (χ3v) is 4.10. The molecule has 1 amide bonds. The van der Waals surface area contributed by atoms with E-state index in [1.54, 1.807) is 0 Å². The minimum atomic E-state index is -0.0226. The first kappa shape index (κ1) is 12.7. The van der Waals surface area contributed by atoms with Gasteiger partial charge in [0.1, 0.15) is 0 Å². The van der Waals surface area contributed by atoms with Crippen molar-refractivity contribution in [3.63, 3.8) is 0 Å². The van der Waals surface area contributed by atoms with Crippen LogP contribution in [0, 0.1) is 0 Å². The van der Waals surface area contributed by atoms with Crippen molar-refractivity contribution in [2.75, 3.05) is 11.9 Å². The predicted octanol–water partition coefficient (Wildman–Crippen LogP) is 3.03. The van der Waals surface area contributed by atoms with Crippen LogP contribution in [0.1, 0.15) is 50.0 Å². The number of hydrogen-bond acceptors (Lipinski definition) is 2. The Kier molecular flexibility index (Phi) is 3.83. The van der Waals surface area contributed by atoms with Gasteiger partial charge in [0.05, 0.1) is 6.04 Å². The van der Waals surface area contributed by atoms with E-state index in [0.717, 1.165) is 31.0 Å². The third kappa shape index (κ3) is 3.35. The molecule has 0 aromatic heterocycles. The van der Waals surface area contributed by atoms with Gasteiger partial charge >= 0.3 is 0 Å². The van der Waals surface area contributed by atoms with Crippen LogP contribution in [0.2, 0.25) is 0 Å². The van der Waals surface area contributed by atoms with Gasteiger partial charge in [0.25, 0.3) is 0 Å². The van der Waals surface area contributed by atoms with Crippen LogP contribution in [0.15, 0.2) is 24.3 Å². The van der Waals surface area contributed by atoms with E-state index in [4.69, 9.17) is 0 Å². The number of nitrogens with one attached hydrogen (secondary N) is 2. The van der Waals surface area contributed by atoms with Gasteiger partial charge in [0, 0.05) is 5.69 Å². The van der Waals surface area contributed by atoms with Crippen LogP contribution in [0.4, 0.5) is 5.69 Å². The number of benzene rings is 1. The van der Waals surface area contributed by atoms with Gasteiger partial charge in [-0.15, -0.1) is 0 Å². The molecular formula is C16H22N2O. The Morgan fingerprint density at radius 1 is 1.05 bits per heavy atom. The summed E-state index contributed by atoms with van der Waals surface area (Å²) < 4.78 is 0. The molecule has 102 valence electrons. The molecular weight excluding hydrogens is 236 g/mol. The monoisotopic (exact) mass is 258 g/mol. The fourth-order valence-electron chi connectivity index (χ4n) is 2.74. The molecule has 0 spiro atoms. The summed E-state index contributed by atoms with van der Waals surface area (Å²) in [6.07, 6.45) is 7.14. The van der Waals surface area contributed by atoms with Gasteiger partial charge in [-0.05, 0) is 55.8 Å². The van der Waals surface area contributed by atoms with Crippen LogP contribution in [0.3, 0.4) is 0 Å². The molecule has 3 rings (SSSR count). The summed E-state index contributed by atoms with van der Waals surface area (Å²) in [6.45, 7) is 0.957. The fourth-order valence-corrected chi connectivity index (χ4v) is 2.74. The average molecular weight is 258 g/mol. The van der Waals surface area contributed by atoms with E-state index in [-0.39, 0.29) is 11.9 Å². The molecule has 0 radical (unpaired) electrons. The zero-order valence-electron chi connectivity index (χ0n) is 11.3. The van der Waals surface area contributed by atoms with Gasteiger partial charge in [-0.1, -0.05) is 25.0 Å². The molecule has 2 aliphatic rings. The molecule has 1 saturated heterocycles. The number of anilines is 1. The normalized spacial score (nSPS) is 23.7. The lowest BCUT2D eigenvalue weighted by atomic mass is 10.1. The van der Waals surface area contributed by atoms with Crippen molar-refractivity contribution < 1.29 is 4.79 Å². The van der Waals surface area contributed by atoms with Crippen molar-refractivity contribution in [1.82, 2.24) is 5.32 Å². The second-order valence-electron chi connectivity index (χ2n) is 5.74. The van der Waals surface area contributed by atoms with Crippen LogP contribution in [0.5, 0.6) is 0 Å². The van der Waals surface area contributed by atoms with E-state index in [1.165, 1.54) is 31.2 Å². The van der Waals surface area contributed by atoms with Crippen LogP contribution in [0.25, 0.3) is 0 Å². The van der Waals surface area contributed by atoms with E-state index in [0.29, 0.717) is 0 Å². The standard InChI is InChI=1S/C16H22N2O/c19-16(15-4-2-1-3-11-17-15)18-14-9-7-13(8-10-14)12-5-6-12/h7-10,12,15,17H,1-6,11H2,(H,18,19)/t15-/m0/s1. The smallest absolute Gasteiger partial charge is 0.241 e. The Bertz CT molecular complexity index is 429. The van der Waals surface area contributed by atoms with Gasteiger partial charge in [-0.3, -0.25) is 4.79 Å². The topological polar surface area (TPSA) is 41.1 Å². The van der Waals surface area contributed by atoms with Crippen molar-refractivity contribution >= 4 is 11.6 Å². The quantitative estimate of drug-likeness (QED) is 0.875. The number of carbonyl (C=O) groups is 1. The second-order valence-corrected chi connectivity index (χ2v) is 5.74. The van der Waals surface area contributed by atoms with Crippen LogP contribution in [-0.2, 0) is 4.79 Å². The molecule has 1 heterocycles. The summed E-state index contributed by atoms with van der Waals surface area (Å²) >= 11 is 0. The van der Waals surface area contributed by atoms with Crippen molar-refractivity contribution in [3.05, 3.63) is 29.8 Å². The Labute approximate surface area is 114 Å². The highest BCUT2D eigenvalue weighted by Gasteiger charge is 2.23. The zero-order chi connectivity index (χ0) is 13.1. The maximum Gasteiger partial charge on any atom is 0.241 e. The molecule has 2 N–H and O–H groups in total. The van der Waals surface area contributed by atoms with Gasteiger partial charge in [-0.2, -0.15) is 0 Å². The first-order chi connectivity index (χ1) is 9.33. The predicted molar refractivity (Wildman–Crippen MR) is 77.3 cm³/mol. The first-order valence-corrected chi connectivity index (χ1v) is 7.47. The van der Waals surface area contributed by atoms with Crippen LogP contribution < -0.4 is 10.6 Å². The van der Waals surface area contributed by atoms with Crippen LogP contribution in [-0.4, -0.2) is 18.5 Å². The van der Waals surface area contributed by atoms with Crippen molar-refractivity contribution in [1.29, 1.82) is 0 Å². The van der Waals surface area contributed by atoms with Gasteiger partial charge < -0.3 is 10.6 Å². The van der Waals surface area contributed by atoms with Gasteiger partial charge in [-0.25, -0.2) is 0 Å². The second kappa shape index (κ2) is 5.74. The first-order valence-electron chi connectivity index (χ1n) is 7.47. The summed E-state index contributed by atoms with van der Waals surface area (Å²) in [5.74, 6) is 0.884. The third-order valence-electron chi connectivity index (χ3n) is 4.10. The highest BCUT2D eigenvalue weighted by Crippen LogP contribution is 2.40.